The lowest BCUT2D eigenvalue weighted by Crippen LogP contribution is -2.03. The first-order chi connectivity index (χ1) is 7.75. The molecule has 1 N–H and O–H groups in total. The molecular formula is C12H8O3S. The predicted molar refractivity (Wildman–Crippen MR) is 61.2 cm³/mol. The van der Waals surface area contributed by atoms with Gasteiger partial charge in [-0.15, -0.1) is 11.8 Å². The van der Waals surface area contributed by atoms with Crippen LogP contribution in [-0.2, 0) is 4.79 Å². The minimum Gasteiger partial charge on any atom is -0.477 e. The SMILES string of the molecule is O=C(O)C1=CC2=COc3ccccc3C2S1. The van der Waals surface area contributed by atoms with Crippen LogP contribution >= 0.6 is 11.8 Å². The Labute approximate surface area is 96.4 Å². The van der Waals surface area contributed by atoms with E-state index in [0.717, 1.165) is 16.9 Å². The highest BCUT2D eigenvalue weighted by Gasteiger charge is 2.32. The van der Waals surface area contributed by atoms with Gasteiger partial charge in [-0.2, -0.15) is 0 Å². The number of carboxylic acid groups (broad SMARTS) is 1. The van der Waals surface area contributed by atoms with Gasteiger partial charge in [0, 0.05) is 11.1 Å². The van der Waals surface area contributed by atoms with Crippen molar-refractivity contribution in [3.63, 3.8) is 0 Å². The van der Waals surface area contributed by atoms with Crippen molar-refractivity contribution in [1.29, 1.82) is 0 Å². The maximum atomic E-state index is 10.9. The normalized spacial score (nSPS) is 21.4. The van der Waals surface area contributed by atoms with Gasteiger partial charge in [-0.05, 0) is 12.1 Å². The van der Waals surface area contributed by atoms with E-state index >= 15 is 0 Å². The summed E-state index contributed by atoms with van der Waals surface area (Å²) in [5.41, 5.74) is 1.96. The smallest absolute Gasteiger partial charge is 0.342 e. The van der Waals surface area contributed by atoms with E-state index in [4.69, 9.17) is 9.84 Å². The Bertz CT molecular complexity index is 531. The van der Waals surface area contributed by atoms with Crippen LogP contribution in [0.25, 0.3) is 0 Å². The molecule has 0 radical (unpaired) electrons. The average molecular weight is 232 g/mol. The second-order valence-corrected chi connectivity index (χ2v) is 4.73. The van der Waals surface area contributed by atoms with Crippen LogP contribution in [0.15, 0.2) is 47.1 Å². The Morgan fingerprint density at radius 2 is 2.19 bits per heavy atom. The van der Waals surface area contributed by atoms with Crippen LogP contribution in [0, 0.1) is 0 Å². The Morgan fingerprint density at radius 3 is 3.00 bits per heavy atom. The van der Waals surface area contributed by atoms with E-state index in [0.29, 0.717) is 4.91 Å². The summed E-state index contributed by atoms with van der Waals surface area (Å²) in [6, 6.07) is 7.70. The van der Waals surface area contributed by atoms with E-state index < -0.39 is 5.97 Å². The fraction of sp³-hybridized carbons (Fsp3) is 0.0833. The van der Waals surface area contributed by atoms with Gasteiger partial charge < -0.3 is 9.84 Å². The Kier molecular flexibility index (Phi) is 2.04. The first-order valence-corrected chi connectivity index (χ1v) is 5.71. The van der Waals surface area contributed by atoms with Crippen molar-refractivity contribution >= 4 is 17.7 Å². The third kappa shape index (κ3) is 1.34. The number of carbonyl (C=O) groups is 1. The van der Waals surface area contributed by atoms with Crippen molar-refractivity contribution in [3.8, 4) is 5.75 Å². The van der Waals surface area contributed by atoms with E-state index in [1.54, 1.807) is 12.3 Å². The van der Waals surface area contributed by atoms with Crippen molar-refractivity contribution in [1.82, 2.24) is 0 Å². The fourth-order valence-electron chi connectivity index (χ4n) is 1.84. The molecule has 0 aliphatic carbocycles. The van der Waals surface area contributed by atoms with Crippen molar-refractivity contribution in [3.05, 3.63) is 52.6 Å². The lowest BCUT2D eigenvalue weighted by molar-refractivity contribution is -0.131. The van der Waals surface area contributed by atoms with Gasteiger partial charge in [-0.1, -0.05) is 18.2 Å². The second kappa shape index (κ2) is 3.42. The number of fused-ring (bicyclic) bond motifs is 3. The lowest BCUT2D eigenvalue weighted by Gasteiger charge is -2.20. The lowest BCUT2D eigenvalue weighted by atomic mass is 10.0. The number of ether oxygens (including phenoxy) is 1. The molecule has 80 valence electrons. The summed E-state index contributed by atoms with van der Waals surface area (Å²) in [4.78, 5) is 11.3. The topological polar surface area (TPSA) is 46.5 Å². The minimum absolute atomic E-state index is 0.0658. The number of thioether (sulfide) groups is 1. The quantitative estimate of drug-likeness (QED) is 0.808. The summed E-state index contributed by atoms with van der Waals surface area (Å²) >= 11 is 1.36. The molecule has 0 aromatic heterocycles. The van der Waals surface area contributed by atoms with Gasteiger partial charge in [0.15, 0.2) is 0 Å². The van der Waals surface area contributed by atoms with Crippen molar-refractivity contribution in [2.24, 2.45) is 0 Å². The summed E-state index contributed by atoms with van der Waals surface area (Å²) in [6.07, 6.45) is 3.31. The van der Waals surface area contributed by atoms with Gasteiger partial charge in [0.2, 0.25) is 0 Å². The van der Waals surface area contributed by atoms with E-state index in [1.165, 1.54) is 11.8 Å². The highest BCUT2D eigenvalue weighted by atomic mass is 32.2. The summed E-state index contributed by atoms with van der Waals surface area (Å²) in [5, 5.41) is 9.02. The van der Waals surface area contributed by atoms with Crippen LogP contribution in [0.1, 0.15) is 10.8 Å². The predicted octanol–water partition coefficient (Wildman–Crippen LogP) is 2.72. The van der Waals surface area contributed by atoms with Crippen LogP contribution in [0.4, 0.5) is 0 Å². The van der Waals surface area contributed by atoms with Crippen molar-refractivity contribution in [2.75, 3.05) is 0 Å². The zero-order valence-corrected chi connectivity index (χ0v) is 9.03. The van der Waals surface area contributed by atoms with Crippen LogP contribution in [0.2, 0.25) is 0 Å². The first-order valence-electron chi connectivity index (χ1n) is 4.83. The third-order valence-corrected chi connectivity index (χ3v) is 3.89. The zero-order chi connectivity index (χ0) is 11.1. The molecule has 4 heteroatoms. The summed E-state index contributed by atoms with van der Waals surface area (Å²) < 4.78 is 5.45. The molecule has 0 saturated heterocycles. The largest absolute Gasteiger partial charge is 0.477 e. The van der Waals surface area contributed by atoms with Crippen LogP contribution in [0.5, 0.6) is 5.75 Å². The number of hydrogen-bond donors (Lipinski definition) is 1. The van der Waals surface area contributed by atoms with Crippen molar-refractivity contribution in [2.45, 2.75) is 5.25 Å². The van der Waals surface area contributed by atoms with Crippen molar-refractivity contribution < 1.29 is 14.6 Å². The van der Waals surface area contributed by atoms with Crippen LogP contribution in [-0.4, -0.2) is 11.1 Å². The molecule has 2 heterocycles. The van der Waals surface area contributed by atoms with Gasteiger partial charge in [-0.25, -0.2) is 4.79 Å². The van der Waals surface area contributed by atoms with Gasteiger partial charge in [-0.3, -0.25) is 0 Å². The molecule has 0 fully saturated rings. The number of hydrogen-bond acceptors (Lipinski definition) is 3. The monoisotopic (exact) mass is 232 g/mol. The molecule has 1 aromatic carbocycles. The highest BCUT2D eigenvalue weighted by Crippen LogP contribution is 2.51. The Morgan fingerprint density at radius 1 is 1.38 bits per heavy atom. The number of allylic oxidation sites excluding steroid dienone is 1. The van der Waals surface area contributed by atoms with E-state index in [2.05, 4.69) is 0 Å². The van der Waals surface area contributed by atoms with E-state index in [9.17, 15) is 4.79 Å². The average Bonchev–Trinajstić information content (AvgIpc) is 2.73. The number of rotatable bonds is 1. The third-order valence-electron chi connectivity index (χ3n) is 2.58. The molecule has 0 bridgehead atoms. The molecule has 0 spiro atoms. The molecule has 1 unspecified atom stereocenters. The van der Waals surface area contributed by atoms with Gasteiger partial charge in [0.25, 0.3) is 0 Å². The summed E-state index contributed by atoms with van der Waals surface area (Å²) in [5.74, 6) is -0.0680. The van der Waals surface area contributed by atoms with E-state index in [-0.39, 0.29) is 5.25 Å². The Hall–Kier alpha value is -1.68. The number of benzene rings is 1. The molecule has 0 amide bonds. The molecule has 16 heavy (non-hydrogen) atoms. The molecular weight excluding hydrogens is 224 g/mol. The maximum absolute atomic E-state index is 10.9. The summed E-state index contributed by atoms with van der Waals surface area (Å²) in [7, 11) is 0. The summed E-state index contributed by atoms with van der Waals surface area (Å²) in [6.45, 7) is 0. The van der Waals surface area contributed by atoms with Gasteiger partial charge in [0.05, 0.1) is 16.4 Å². The van der Waals surface area contributed by atoms with Gasteiger partial charge >= 0.3 is 5.97 Å². The minimum atomic E-state index is -0.877. The first kappa shape index (κ1) is 9.54. The van der Waals surface area contributed by atoms with Gasteiger partial charge in [0.1, 0.15) is 5.75 Å². The number of aliphatic carboxylic acids is 1. The fourth-order valence-corrected chi connectivity index (χ4v) is 2.98. The second-order valence-electron chi connectivity index (χ2n) is 3.59. The van der Waals surface area contributed by atoms with Crippen LogP contribution in [0.3, 0.4) is 0 Å². The molecule has 0 saturated carbocycles. The molecule has 2 aliphatic heterocycles. The molecule has 1 aromatic rings. The maximum Gasteiger partial charge on any atom is 0.342 e. The highest BCUT2D eigenvalue weighted by molar-refractivity contribution is 8.04. The molecule has 3 rings (SSSR count). The number of para-hydroxylation sites is 1. The Balaban J connectivity index is 2.03. The molecule has 2 aliphatic rings. The van der Waals surface area contributed by atoms with E-state index in [1.807, 2.05) is 24.3 Å². The molecule has 1 atom stereocenters. The molecule has 3 nitrogen and oxygen atoms in total. The number of carboxylic acids is 1. The zero-order valence-electron chi connectivity index (χ0n) is 8.21. The standard InChI is InChI=1S/C12H8O3S/c13-12(14)10-5-7-6-15-9-4-2-1-3-8(9)11(7)16-10/h1-6,11H,(H,13,14). The van der Waals surface area contributed by atoms with Crippen LogP contribution < -0.4 is 4.74 Å².